The molecule has 21 heavy (non-hydrogen) atoms. The maximum absolute atomic E-state index is 12.2. The molecule has 0 unspecified atom stereocenters. The van der Waals surface area contributed by atoms with E-state index in [1.807, 2.05) is 19.1 Å². The van der Waals surface area contributed by atoms with Crippen LogP contribution in [0.4, 0.5) is 11.5 Å². The van der Waals surface area contributed by atoms with E-state index in [1.54, 1.807) is 31.4 Å². The van der Waals surface area contributed by atoms with Crippen molar-refractivity contribution in [1.29, 1.82) is 0 Å². The van der Waals surface area contributed by atoms with Gasteiger partial charge in [-0.2, -0.15) is 0 Å². The van der Waals surface area contributed by atoms with Crippen molar-refractivity contribution < 1.29 is 9.53 Å². The van der Waals surface area contributed by atoms with Gasteiger partial charge in [-0.25, -0.2) is 4.98 Å². The number of carbonyl (C=O) groups is 1. The van der Waals surface area contributed by atoms with Crippen molar-refractivity contribution in [1.82, 2.24) is 4.98 Å². The van der Waals surface area contributed by atoms with Gasteiger partial charge in [-0.1, -0.05) is 6.07 Å². The number of rotatable bonds is 5. The molecule has 1 heterocycles. The van der Waals surface area contributed by atoms with Crippen molar-refractivity contribution in [2.75, 3.05) is 24.3 Å². The third-order valence-electron chi connectivity index (χ3n) is 2.75. The highest BCUT2D eigenvalue weighted by atomic mass is 79.9. The van der Waals surface area contributed by atoms with Gasteiger partial charge in [-0.3, -0.25) is 4.79 Å². The van der Waals surface area contributed by atoms with Crippen LogP contribution < -0.4 is 15.4 Å². The van der Waals surface area contributed by atoms with Crippen LogP contribution in [0.1, 0.15) is 17.4 Å². The fourth-order valence-corrected chi connectivity index (χ4v) is 2.18. The van der Waals surface area contributed by atoms with E-state index in [0.29, 0.717) is 22.9 Å². The molecule has 0 saturated carbocycles. The van der Waals surface area contributed by atoms with Crippen molar-refractivity contribution in [3.8, 4) is 5.75 Å². The molecule has 0 aliphatic carbocycles. The Hall–Kier alpha value is -2.08. The summed E-state index contributed by atoms with van der Waals surface area (Å²) < 4.78 is 6.03. The first-order chi connectivity index (χ1) is 10.1. The number of nitrogens with zero attached hydrogens (tertiary/aromatic N) is 1. The minimum Gasteiger partial charge on any atom is -0.495 e. The number of hydrogen-bond donors (Lipinski definition) is 2. The Kier molecular flexibility index (Phi) is 5.16. The minimum absolute atomic E-state index is 0.265. The van der Waals surface area contributed by atoms with Crippen LogP contribution in [-0.2, 0) is 0 Å². The summed E-state index contributed by atoms with van der Waals surface area (Å²) >= 11 is 3.37. The molecular formula is C15H16BrN3O2. The third kappa shape index (κ3) is 3.95. The number of pyridine rings is 1. The summed E-state index contributed by atoms with van der Waals surface area (Å²) in [4.78, 5) is 16.5. The number of carbonyl (C=O) groups excluding carboxylic acids is 1. The molecule has 0 saturated heterocycles. The Labute approximate surface area is 131 Å². The molecule has 1 amide bonds. The van der Waals surface area contributed by atoms with Crippen molar-refractivity contribution in [2.45, 2.75) is 6.92 Å². The van der Waals surface area contributed by atoms with Crippen molar-refractivity contribution in [2.24, 2.45) is 0 Å². The zero-order valence-corrected chi connectivity index (χ0v) is 13.4. The number of halogens is 1. The lowest BCUT2D eigenvalue weighted by atomic mass is 10.2. The first-order valence-corrected chi connectivity index (χ1v) is 7.29. The summed E-state index contributed by atoms with van der Waals surface area (Å²) in [6.45, 7) is 2.73. The fourth-order valence-electron chi connectivity index (χ4n) is 1.77. The standard InChI is InChI=1S/C15H16BrN3O2/c1-3-17-14-6-4-5-12(19-14)15(20)18-10-7-8-11(16)13(9-10)21-2/h4-9H,3H2,1-2H3,(H,17,19)(H,18,20). The van der Waals surface area contributed by atoms with Crippen LogP contribution in [0.15, 0.2) is 40.9 Å². The smallest absolute Gasteiger partial charge is 0.274 e. The van der Waals surface area contributed by atoms with Gasteiger partial charge in [0.05, 0.1) is 11.6 Å². The molecule has 0 bridgehead atoms. The lowest BCUT2D eigenvalue weighted by molar-refractivity contribution is 0.102. The van der Waals surface area contributed by atoms with E-state index in [-0.39, 0.29) is 5.91 Å². The minimum atomic E-state index is -0.265. The number of amides is 1. The topological polar surface area (TPSA) is 63.2 Å². The zero-order valence-electron chi connectivity index (χ0n) is 11.8. The predicted octanol–water partition coefficient (Wildman–Crippen LogP) is 3.54. The molecule has 0 radical (unpaired) electrons. The molecule has 110 valence electrons. The molecule has 6 heteroatoms. The van der Waals surface area contributed by atoms with E-state index in [9.17, 15) is 4.79 Å². The van der Waals surface area contributed by atoms with E-state index < -0.39 is 0 Å². The highest BCUT2D eigenvalue weighted by molar-refractivity contribution is 9.10. The van der Waals surface area contributed by atoms with Gasteiger partial charge in [-0.15, -0.1) is 0 Å². The molecule has 0 fully saturated rings. The van der Waals surface area contributed by atoms with Gasteiger partial charge in [0.1, 0.15) is 17.3 Å². The van der Waals surface area contributed by atoms with Crippen molar-refractivity contribution in [3.63, 3.8) is 0 Å². The molecule has 0 aliphatic heterocycles. The number of anilines is 2. The Morgan fingerprint density at radius 2 is 2.14 bits per heavy atom. The summed E-state index contributed by atoms with van der Waals surface area (Å²) in [7, 11) is 1.58. The molecule has 2 aromatic rings. The van der Waals surface area contributed by atoms with Crippen LogP contribution in [-0.4, -0.2) is 24.5 Å². The highest BCUT2D eigenvalue weighted by Gasteiger charge is 2.10. The van der Waals surface area contributed by atoms with Gasteiger partial charge < -0.3 is 15.4 Å². The first kappa shape index (κ1) is 15.3. The number of nitrogens with one attached hydrogen (secondary N) is 2. The largest absolute Gasteiger partial charge is 0.495 e. The van der Waals surface area contributed by atoms with Gasteiger partial charge in [-0.05, 0) is 47.1 Å². The highest BCUT2D eigenvalue weighted by Crippen LogP contribution is 2.28. The summed E-state index contributed by atoms with van der Waals surface area (Å²) in [6.07, 6.45) is 0. The molecule has 1 aromatic heterocycles. The van der Waals surface area contributed by atoms with Gasteiger partial charge in [0.2, 0.25) is 0 Å². The fraction of sp³-hybridized carbons (Fsp3) is 0.200. The van der Waals surface area contributed by atoms with Gasteiger partial charge >= 0.3 is 0 Å². The van der Waals surface area contributed by atoms with Crippen molar-refractivity contribution >= 4 is 33.3 Å². The average Bonchev–Trinajstić information content (AvgIpc) is 2.50. The summed E-state index contributed by atoms with van der Waals surface area (Å²) in [5.74, 6) is 1.07. The molecule has 0 atom stereocenters. The van der Waals surface area contributed by atoms with Crippen molar-refractivity contribution in [3.05, 3.63) is 46.6 Å². The summed E-state index contributed by atoms with van der Waals surface area (Å²) in [5.41, 5.74) is 1.01. The van der Waals surface area contributed by atoms with Crippen LogP contribution in [0.25, 0.3) is 0 Å². The van der Waals surface area contributed by atoms with Gasteiger partial charge in [0.25, 0.3) is 5.91 Å². The van der Waals surface area contributed by atoms with Crippen LogP contribution in [0.5, 0.6) is 5.75 Å². The van der Waals surface area contributed by atoms with E-state index in [0.717, 1.165) is 11.0 Å². The zero-order chi connectivity index (χ0) is 15.2. The Morgan fingerprint density at radius 3 is 2.86 bits per heavy atom. The lowest BCUT2D eigenvalue weighted by Crippen LogP contribution is -2.14. The summed E-state index contributed by atoms with van der Waals surface area (Å²) in [6, 6.07) is 10.6. The monoisotopic (exact) mass is 349 g/mol. The van der Waals surface area contributed by atoms with Crippen LogP contribution in [0.2, 0.25) is 0 Å². The second-order valence-electron chi connectivity index (χ2n) is 4.24. The normalized spacial score (nSPS) is 10.0. The van der Waals surface area contributed by atoms with Crippen LogP contribution >= 0.6 is 15.9 Å². The van der Waals surface area contributed by atoms with Crippen LogP contribution in [0, 0.1) is 0 Å². The molecule has 0 aliphatic rings. The second kappa shape index (κ2) is 7.08. The average molecular weight is 350 g/mol. The van der Waals surface area contributed by atoms with Gasteiger partial charge in [0.15, 0.2) is 0 Å². The van der Waals surface area contributed by atoms with E-state index in [2.05, 4.69) is 31.5 Å². The van der Waals surface area contributed by atoms with E-state index >= 15 is 0 Å². The number of benzene rings is 1. The summed E-state index contributed by atoms with van der Waals surface area (Å²) in [5, 5.41) is 5.87. The number of ether oxygens (including phenoxy) is 1. The number of methoxy groups -OCH3 is 1. The van der Waals surface area contributed by atoms with E-state index in [1.165, 1.54) is 0 Å². The molecule has 5 nitrogen and oxygen atoms in total. The quantitative estimate of drug-likeness (QED) is 0.866. The Morgan fingerprint density at radius 1 is 1.33 bits per heavy atom. The lowest BCUT2D eigenvalue weighted by Gasteiger charge is -2.09. The SMILES string of the molecule is CCNc1cccc(C(=O)Nc2ccc(Br)c(OC)c2)n1. The number of hydrogen-bond acceptors (Lipinski definition) is 4. The molecule has 2 rings (SSSR count). The maximum atomic E-state index is 12.2. The Balaban J connectivity index is 2.16. The molecular weight excluding hydrogens is 334 g/mol. The van der Waals surface area contributed by atoms with Crippen LogP contribution in [0.3, 0.4) is 0 Å². The maximum Gasteiger partial charge on any atom is 0.274 e. The number of aromatic nitrogens is 1. The van der Waals surface area contributed by atoms with E-state index in [4.69, 9.17) is 4.74 Å². The van der Waals surface area contributed by atoms with Gasteiger partial charge in [0, 0.05) is 18.3 Å². The molecule has 0 spiro atoms. The third-order valence-corrected chi connectivity index (χ3v) is 3.40. The predicted molar refractivity (Wildman–Crippen MR) is 87.0 cm³/mol. The molecule has 1 aromatic carbocycles. The Bertz CT molecular complexity index is 647. The second-order valence-corrected chi connectivity index (χ2v) is 5.10. The molecule has 2 N–H and O–H groups in total. The first-order valence-electron chi connectivity index (χ1n) is 6.50.